The number of rotatable bonds is 4. The minimum absolute atomic E-state index is 0.0320. The lowest BCUT2D eigenvalue weighted by Gasteiger charge is -2.33. The highest BCUT2D eigenvalue weighted by Crippen LogP contribution is 2.33. The first-order valence-electron chi connectivity index (χ1n) is 8.31. The van der Waals surface area contributed by atoms with E-state index in [1.54, 1.807) is 23.0 Å². The Kier molecular flexibility index (Phi) is 4.74. The van der Waals surface area contributed by atoms with E-state index in [0.29, 0.717) is 6.54 Å². The number of fused-ring (bicyclic) bond motifs is 1. The molecular weight excluding hydrogens is 316 g/mol. The van der Waals surface area contributed by atoms with Crippen molar-refractivity contribution in [3.63, 3.8) is 0 Å². The molecular formula is C20H22N2O3. The molecule has 0 aliphatic carbocycles. The third kappa shape index (κ3) is 3.65. The number of carbonyl (C=O) groups excluding carboxylic acids is 2. The van der Waals surface area contributed by atoms with Gasteiger partial charge >= 0.3 is 0 Å². The molecule has 130 valence electrons. The maximum atomic E-state index is 12.7. The van der Waals surface area contributed by atoms with Crippen LogP contribution in [0.5, 0.6) is 0 Å². The number of aryl methyl sites for hydroxylation is 1. The van der Waals surface area contributed by atoms with Crippen molar-refractivity contribution in [3.05, 3.63) is 65.2 Å². The standard InChI is InChI=1S/C20H22N2O3/c1-14-8-9-17(25-14)13-21(3)20(24)12-19-18-7-5-4-6-16(18)10-11-22(19)15(2)23/h4-11,19H,12-13H2,1-3H3/t19-/m0/s1. The van der Waals surface area contributed by atoms with E-state index in [-0.39, 0.29) is 24.3 Å². The summed E-state index contributed by atoms with van der Waals surface area (Å²) in [5.41, 5.74) is 2.04. The quantitative estimate of drug-likeness (QED) is 0.857. The summed E-state index contributed by atoms with van der Waals surface area (Å²) < 4.78 is 5.54. The van der Waals surface area contributed by atoms with Crippen LogP contribution in [-0.4, -0.2) is 28.7 Å². The molecule has 0 radical (unpaired) electrons. The lowest BCUT2D eigenvalue weighted by molar-refractivity contribution is -0.134. The Morgan fingerprint density at radius 2 is 1.96 bits per heavy atom. The van der Waals surface area contributed by atoms with Crippen molar-refractivity contribution >= 4 is 17.9 Å². The van der Waals surface area contributed by atoms with Crippen LogP contribution >= 0.6 is 0 Å². The number of hydrogen-bond acceptors (Lipinski definition) is 3. The lowest BCUT2D eigenvalue weighted by atomic mass is 9.93. The van der Waals surface area contributed by atoms with E-state index in [1.807, 2.05) is 49.4 Å². The molecule has 1 aliphatic heterocycles. The Morgan fingerprint density at radius 3 is 2.64 bits per heavy atom. The highest BCUT2D eigenvalue weighted by molar-refractivity contribution is 5.81. The maximum Gasteiger partial charge on any atom is 0.225 e. The second-order valence-corrected chi connectivity index (χ2v) is 6.35. The number of hydrogen-bond donors (Lipinski definition) is 0. The molecule has 0 fully saturated rings. The van der Waals surface area contributed by atoms with E-state index in [4.69, 9.17) is 4.42 Å². The SMILES string of the molecule is CC(=O)N1C=Cc2ccccc2[C@@H]1CC(=O)N(C)Cc1ccc(C)o1. The molecule has 0 spiro atoms. The molecule has 25 heavy (non-hydrogen) atoms. The minimum Gasteiger partial charge on any atom is -0.464 e. The van der Waals surface area contributed by atoms with Gasteiger partial charge in [0.15, 0.2) is 0 Å². The summed E-state index contributed by atoms with van der Waals surface area (Å²) in [6, 6.07) is 11.3. The molecule has 1 aromatic carbocycles. The second kappa shape index (κ2) is 6.97. The third-order valence-corrected chi connectivity index (χ3v) is 4.45. The summed E-state index contributed by atoms with van der Waals surface area (Å²) in [5.74, 6) is 1.47. The van der Waals surface area contributed by atoms with Crippen LogP contribution in [0.2, 0.25) is 0 Å². The third-order valence-electron chi connectivity index (χ3n) is 4.45. The Bertz CT molecular complexity index is 822. The topological polar surface area (TPSA) is 53.8 Å². The van der Waals surface area contributed by atoms with Crippen LogP contribution in [0.25, 0.3) is 6.08 Å². The van der Waals surface area contributed by atoms with Crippen LogP contribution in [0.15, 0.2) is 47.0 Å². The Morgan fingerprint density at radius 1 is 1.20 bits per heavy atom. The van der Waals surface area contributed by atoms with Gasteiger partial charge in [-0.15, -0.1) is 0 Å². The van der Waals surface area contributed by atoms with Crippen LogP contribution in [0, 0.1) is 6.92 Å². The normalized spacial score (nSPS) is 15.8. The van der Waals surface area contributed by atoms with Crippen molar-refractivity contribution in [2.45, 2.75) is 32.9 Å². The molecule has 0 saturated carbocycles. The first kappa shape index (κ1) is 17.0. The molecule has 5 nitrogen and oxygen atoms in total. The molecule has 3 rings (SSSR count). The second-order valence-electron chi connectivity index (χ2n) is 6.35. The van der Waals surface area contributed by atoms with Crippen molar-refractivity contribution in [2.75, 3.05) is 7.05 Å². The molecule has 5 heteroatoms. The van der Waals surface area contributed by atoms with Gasteiger partial charge in [-0.3, -0.25) is 9.59 Å². The highest BCUT2D eigenvalue weighted by Gasteiger charge is 2.29. The molecule has 0 N–H and O–H groups in total. The van der Waals surface area contributed by atoms with Gasteiger partial charge in [-0.05, 0) is 36.3 Å². The van der Waals surface area contributed by atoms with Gasteiger partial charge in [0.1, 0.15) is 11.5 Å². The van der Waals surface area contributed by atoms with Gasteiger partial charge in [-0.2, -0.15) is 0 Å². The van der Waals surface area contributed by atoms with E-state index >= 15 is 0 Å². The van der Waals surface area contributed by atoms with Gasteiger partial charge < -0.3 is 14.2 Å². The number of amides is 2. The Balaban J connectivity index is 1.77. The first-order chi connectivity index (χ1) is 12.0. The zero-order chi connectivity index (χ0) is 18.0. The van der Waals surface area contributed by atoms with E-state index in [1.165, 1.54) is 6.92 Å². The molecule has 2 heterocycles. The fourth-order valence-electron chi connectivity index (χ4n) is 3.13. The summed E-state index contributed by atoms with van der Waals surface area (Å²) in [7, 11) is 1.75. The van der Waals surface area contributed by atoms with Crippen LogP contribution in [-0.2, 0) is 16.1 Å². The molecule has 2 aromatic rings. The van der Waals surface area contributed by atoms with Gasteiger partial charge in [0.05, 0.1) is 19.0 Å². The van der Waals surface area contributed by atoms with Crippen molar-refractivity contribution in [2.24, 2.45) is 0 Å². The van der Waals surface area contributed by atoms with Gasteiger partial charge in [0.25, 0.3) is 0 Å². The van der Waals surface area contributed by atoms with Crippen LogP contribution < -0.4 is 0 Å². The zero-order valence-electron chi connectivity index (χ0n) is 14.7. The van der Waals surface area contributed by atoms with Crippen molar-refractivity contribution < 1.29 is 14.0 Å². The number of nitrogens with zero attached hydrogens (tertiary/aromatic N) is 2. The minimum atomic E-state index is -0.285. The summed E-state index contributed by atoms with van der Waals surface area (Å²) in [4.78, 5) is 28.0. The van der Waals surface area contributed by atoms with E-state index in [2.05, 4.69) is 0 Å². The number of carbonyl (C=O) groups is 2. The van der Waals surface area contributed by atoms with Crippen LogP contribution in [0.1, 0.15) is 42.0 Å². The first-order valence-corrected chi connectivity index (χ1v) is 8.31. The monoisotopic (exact) mass is 338 g/mol. The summed E-state index contributed by atoms with van der Waals surface area (Å²) >= 11 is 0. The average molecular weight is 338 g/mol. The maximum absolute atomic E-state index is 12.7. The molecule has 2 amide bonds. The van der Waals surface area contributed by atoms with Crippen LogP contribution in [0.3, 0.4) is 0 Å². The fourth-order valence-corrected chi connectivity index (χ4v) is 3.13. The predicted octanol–water partition coefficient (Wildman–Crippen LogP) is 3.51. The molecule has 1 atom stereocenters. The summed E-state index contributed by atoms with van der Waals surface area (Å²) in [5, 5.41) is 0. The number of benzene rings is 1. The lowest BCUT2D eigenvalue weighted by Crippen LogP contribution is -2.35. The average Bonchev–Trinajstić information content (AvgIpc) is 2.99. The van der Waals surface area contributed by atoms with Crippen molar-refractivity contribution in [1.29, 1.82) is 0 Å². The molecule has 1 aliphatic rings. The molecule has 0 bridgehead atoms. The molecule has 1 aromatic heterocycles. The highest BCUT2D eigenvalue weighted by atomic mass is 16.3. The van der Waals surface area contributed by atoms with Crippen LogP contribution in [0.4, 0.5) is 0 Å². The van der Waals surface area contributed by atoms with Gasteiger partial charge in [-0.25, -0.2) is 0 Å². The molecule has 0 unspecified atom stereocenters. The zero-order valence-corrected chi connectivity index (χ0v) is 14.7. The molecule has 0 saturated heterocycles. The van der Waals surface area contributed by atoms with Crippen molar-refractivity contribution in [3.8, 4) is 0 Å². The predicted molar refractivity (Wildman–Crippen MR) is 95.3 cm³/mol. The fraction of sp³-hybridized carbons (Fsp3) is 0.300. The summed E-state index contributed by atoms with van der Waals surface area (Å²) in [6.45, 7) is 3.81. The van der Waals surface area contributed by atoms with Gasteiger partial charge in [0.2, 0.25) is 11.8 Å². The number of furan rings is 1. The van der Waals surface area contributed by atoms with E-state index in [9.17, 15) is 9.59 Å². The van der Waals surface area contributed by atoms with Gasteiger partial charge in [0, 0.05) is 20.2 Å². The summed E-state index contributed by atoms with van der Waals surface area (Å²) in [6.07, 6.45) is 3.91. The Hall–Kier alpha value is -2.82. The Labute approximate surface area is 147 Å². The van der Waals surface area contributed by atoms with Gasteiger partial charge in [-0.1, -0.05) is 24.3 Å². The smallest absolute Gasteiger partial charge is 0.225 e. The van der Waals surface area contributed by atoms with Crippen molar-refractivity contribution in [1.82, 2.24) is 9.80 Å². The largest absolute Gasteiger partial charge is 0.464 e. The van der Waals surface area contributed by atoms with E-state index in [0.717, 1.165) is 22.6 Å². The van der Waals surface area contributed by atoms with E-state index < -0.39 is 0 Å².